The van der Waals surface area contributed by atoms with Crippen LogP contribution >= 0.6 is 15.9 Å². The van der Waals surface area contributed by atoms with Gasteiger partial charge in [0.25, 0.3) is 0 Å². The number of carbonyl (C=O) groups is 1. The molecule has 0 aliphatic carbocycles. The third-order valence-corrected chi connectivity index (χ3v) is 1.51. The first-order chi connectivity index (χ1) is 6.12. The van der Waals surface area contributed by atoms with Gasteiger partial charge in [-0.05, 0) is 14.1 Å². The quantitative estimate of drug-likeness (QED) is 0.430. The van der Waals surface area contributed by atoms with Crippen LogP contribution in [0.2, 0.25) is 0 Å². The fourth-order valence-electron chi connectivity index (χ4n) is 0.282. The SMILES string of the molecule is C=CC(=O)OCC(O)CBr.CNC. The maximum Gasteiger partial charge on any atom is 0.330 e. The molecule has 0 radical (unpaired) electrons. The Labute approximate surface area is 87.1 Å². The third kappa shape index (κ3) is 14.5. The summed E-state index contributed by atoms with van der Waals surface area (Å²) < 4.78 is 4.51. The molecule has 0 spiro atoms. The molecular formula is C8H16BrNO3. The molecule has 0 bridgehead atoms. The highest BCUT2D eigenvalue weighted by Gasteiger charge is 2.03. The molecule has 2 N–H and O–H groups in total. The van der Waals surface area contributed by atoms with E-state index in [1.54, 1.807) is 0 Å². The maximum absolute atomic E-state index is 10.4. The molecule has 0 aromatic carbocycles. The van der Waals surface area contributed by atoms with Crippen molar-refractivity contribution in [3.8, 4) is 0 Å². The van der Waals surface area contributed by atoms with Crippen molar-refractivity contribution in [2.75, 3.05) is 26.0 Å². The van der Waals surface area contributed by atoms with Gasteiger partial charge in [-0.3, -0.25) is 0 Å². The van der Waals surface area contributed by atoms with Crippen molar-refractivity contribution in [2.24, 2.45) is 0 Å². The fourth-order valence-corrected chi connectivity index (χ4v) is 0.469. The van der Waals surface area contributed by atoms with Crippen molar-refractivity contribution >= 4 is 21.9 Å². The standard InChI is InChI=1S/C6H9BrO3.C2H7N/c1-2-6(9)10-4-5(8)3-7;1-3-2/h2,5,8H,1,3-4H2;3H,1-2H3. The van der Waals surface area contributed by atoms with Crippen LogP contribution in [-0.4, -0.2) is 43.2 Å². The first-order valence-electron chi connectivity index (χ1n) is 3.74. The van der Waals surface area contributed by atoms with Gasteiger partial charge >= 0.3 is 5.97 Å². The molecular weight excluding hydrogens is 238 g/mol. The average molecular weight is 254 g/mol. The second-order valence-corrected chi connectivity index (χ2v) is 2.79. The van der Waals surface area contributed by atoms with Crippen LogP contribution in [0.1, 0.15) is 0 Å². The molecule has 0 heterocycles. The summed E-state index contributed by atoms with van der Waals surface area (Å²) in [6.45, 7) is 3.21. The molecule has 0 rings (SSSR count). The van der Waals surface area contributed by atoms with Gasteiger partial charge in [0, 0.05) is 11.4 Å². The first kappa shape index (κ1) is 15.1. The predicted octanol–water partition coefficient (Wildman–Crippen LogP) is 0.307. The van der Waals surface area contributed by atoms with E-state index in [9.17, 15) is 4.79 Å². The van der Waals surface area contributed by atoms with E-state index >= 15 is 0 Å². The summed E-state index contributed by atoms with van der Waals surface area (Å²) in [4.78, 5) is 10.4. The van der Waals surface area contributed by atoms with E-state index in [1.165, 1.54) is 0 Å². The number of carbonyl (C=O) groups excluding carboxylic acids is 1. The molecule has 0 saturated heterocycles. The minimum atomic E-state index is -0.635. The van der Waals surface area contributed by atoms with Gasteiger partial charge in [-0.2, -0.15) is 0 Å². The van der Waals surface area contributed by atoms with Crippen LogP contribution in [0.4, 0.5) is 0 Å². The van der Waals surface area contributed by atoms with Crippen molar-refractivity contribution in [1.29, 1.82) is 0 Å². The lowest BCUT2D eigenvalue weighted by molar-refractivity contribution is -0.140. The molecule has 0 aliphatic heterocycles. The van der Waals surface area contributed by atoms with Crippen molar-refractivity contribution in [1.82, 2.24) is 5.32 Å². The van der Waals surface area contributed by atoms with Gasteiger partial charge in [0.15, 0.2) is 0 Å². The van der Waals surface area contributed by atoms with Crippen molar-refractivity contribution in [3.05, 3.63) is 12.7 Å². The molecule has 0 aliphatic rings. The summed E-state index contributed by atoms with van der Waals surface area (Å²) in [7, 11) is 3.75. The van der Waals surface area contributed by atoms with Gasteiger partial charge in [-0.15, -0.1) is 0 Å². The van der Waals surface area contributed by atoms with E-state index in [-0.39, 0.29) is 6.61 Å². The zero-order chi connectivity index (χ0) is 10.7. The van der Waals surface area contributed by atoms with Crippen LogP contribution in [0.15, 0.2) is 12.7 Å². The minimum Gasteiger partial charge on any atom is -0.460 e. The lowest BCUT2D eigenvalue weighted by atomic mass is 10.4. The number of hydrogen-bond donors (Lipinski definition) is 2. The average Bonchev–Trinajstić information content (AvgIpc) is 2.14. The number of esters is 1. The summed E-state index contributed by atoms with van der Waals surface area (Å²) in [6.07, 6.45) is 0.421. The monoisotopic (exact) mass is 253 g/mol. The number of halogens is 1. The number of nitrogens with one attached hydrogen (secondary N) is 1. The van der Waals surface area contributed by atoms with E-state index < -0.39 is 12.1 Å². The summed E-state index contributed by atoms with van der Waals surface area (Å²) >= 11 is 3.02. The minimum absolute atomic E-state index is 0.0100. The summed E-state index contributed by atoms with van der Waals surface area (Å²) in [5.74, 6) is -0.514. The highest BCUT2D eigenvalue weighted by molar-refractivity contribution is 9.09. The molecule has 0 amide bonds. The second kappa shape index (κ2) is 11.6. The second-order valence-electron chi connectivity index (χ2n) is 2.14. The molecule has 13 heavy (non-hydrogen) atoms. The molecule has 1 unspecified atom stereocenters. The Kier molecular flexibility index (Phi) is 13.5. The van der Waals surface area contributed by atoms with Crippen LogP contribution in [0.25, 0.3) is 0 Å². The molecule has 5 heteroatoms. The van der Waals surface area contributed by atoms with Crippen molar-refractivity contribution < 1.29 is 14.6 Å². The number of rotatable bonds is 4. The Morgan fingerprint density at radius 1 is 1.77 bits per heavy atom. The molecule has 0 aromatic rings. The van der Waals surface area contributed by atoms with Crippen LogP contribution in [0.5, 0.6) is 0 Å². The Hall–Kier alpha value is -0.390. The smallest absolute Gasteiger partial charge is 0.330 e. The summed E-state index contributed by atoms with van der Waals surface area (Å²) in [6, 6.07) is 0. The topological polar surface area (TPSA) is 58.6 Å². The lowest BCUT2D eigenvalue weighted by Gasteiger charge is -2.05. The van der Waals surface area contributed by atoms with E-state index in [1.807, 2.05) is 14.1 Å². The number of hydrogen-bond acceptors (Lipinski definition) is 4. The molecule has 0 saturated carbocycles. The Bertz CT molecular complexity index is 141. The zero-order valence-electron chi connectivity index (χ0n) is 7.92. The molecule has 1 atom stereocenters. The van der Waals surface area contributed by atoms with Gasteiger partial charge in [-0.25, -0.2) is 4.79 Å². The van der Waals surface area contributed by atoms with Crippen molar-refractivity contribution in [2.45, 2.75) is 6.10 Å². The predicted molar refractivity (Wildman–Crippen MR) is 55.9 cm³/mol. The normalized spacial score (nSPS) is 10.8. The largest absolute Gasteiger partial charge is 0.460 e. The highest BCUT2D eigenvalue weighted by Crippen LogP contribution is 1.91. The number of ether oxygens (including phenoxy) is 1. The van der Waals surface area contributed by atoms with Gasteiger partial charge in [0.2, 0.25) is 0 Å². The lowest BCUT2D eigenvalue weighted by Crippen LogP contribution is -2.18. The molecule has 0 fully saturated rings. The highest BCUT2D eigenvalue weighted by atomic mass is 79.9. The first-order valence-corrected chi connectivity index (χ1v) is 4.86. The van der Waals surface area contributed by atoms with Crippen LogP contribution in [-0.2, 0) is 9.53 Å². The van der Waals surface area contributed by atoms with E-state index in [2.05, 4.69) is 32.6 Å². The van der Waals surface area contributed by atoms with Crippen LogP contribution in [0.3, 0.4) is 0 Å². The van der Waals surface area contributed by atoms with Gasteiger partial charge in [-0.1, -0.05) is 22.5 Å². The van der Waals surface area contributed by atoms with Gasteiger partial charge in [0.1, 0.15) is 6.61 Å². The Morgan fingerprint density at radius 3 is 2.54 bits per heavy atom. The number of aliphatic hydroxyl groups excluding tert-OH is 1. The molecule has 78 valence electrons. The maximum atomic E-state index is 10.4. The van der Waals surface area contributed by atoms with Crippen LogP contribution < -0.4 is 5.32 Å². The fraction of sp³-hybridized carbons (Fsp3) is 0.625. The summed E-state index contributed by atoms with van der Waals surface area (Å²) in [5, 5.41) is 12.0. The molecule has 4 nitrogen and oxygen atoms in total. The van der Waals surface area contributed by atoms with Crippen LogP contribution in [0, 0.1) is 0 Å². The number of alkyl halides is 1. The zero-order valence-corrected chi connectivity index (χ0v) is 9.50. The van der Waals surface area contributed by atoms with Crippen molar-refractivity contribution in [3.63, 3.8) is 0 Å². The van der Waals surface area contributed by atoms with E-state index in [4.69, 9.17) is 5.11 Å². The van der Waals surface area contributed by atoms with Gasteiger partial charge in [0.05, 0.1) is 6.10 Å². The van der Waals surface area contributed by atoms with E-state index in [0.717, 1.165) is 6.08 Å². The van der Waals surface area contributed by atoms with E-state index in [0.29, 0.717) is 5.33 Å². The Morgan fingerprint density at radius 2 is 2.23 bits per heavy atom. The third-order valence-electron chi connectivity index (χ3n) is 0.763. The Balaban J connectivity index is 0. The summed E-state index contributed by atoms with van der Waals surface area (Å²) in [5.41, 5.74) is 0. The number of aliphatic hydroxyl groups is 1. The molecule has 0 aromatic heterocycles. The van der Waals surface area contributed by atoms with Gasteiger partial charge < -0.3 is 15.2 Å².